The van der Waals surface area contributed by atoms with E-state index in [1.807, 2.05) is 24.3 Å². The predicted molar refractivity (Wildman–Crippen MR) is 111 cm³/mol. The van der Waals surface area contributed by atoms with Gasteiger partial charge in [-0.15, -0.1) is 0 Å². The minimum atomic E-state index is -0.660. The number of carbonyl (C=O) groups excluding carboxylic acids is 1. The summed E-state index contributed by atoms with van der Waals surface area (Å²) in [5, 5.41) is 0.565. The number of ether oxygens (including phenoxy) is 2. The summed E-state index contributed by atoms with van der Waals surface area (Å²) in [7, 11) is 0. The zero-order valence-electron chi connectivity index (χ0n) is 15.9. The Hall–Kier alpha value is -2.90. The van der Waals surface area contributed by atoms with E-state index in [-0.39, 0.29) is 17.3 Å². The zero-order valence-corrected chi connectivity index (χ0v) is 16.7. The number of rotatable bonds is 4. The second-order valence-electron chi connectivity index (χ2n) is 6.59. The molecule has 0 amide bonds. The van der Waals surface area contributed by atoms with Gasteiger partial charge in [-0.25, -0.2) is 9.78 Å². The number of fused-ring (bicyclic) bond motifs is 1. The first-order valence-electron chi connectivity index (χ1n) is 9.40. The fourth-order valence-electron chi connectivity index (χ4n) is 3.39. The van der Waals surface area contributed by atoms with E-state index < -0.39 is 11.4 Å². The molecule has 0 bridgehead atoms. The van der Waals surface area contributed by atoms with E-state index in [4.69, 9.17) is 21.1 Å². The van der Waals surface area contributed by atoms with Gasteiger partial charge in [-0.05, 0) is 37.3 Å². The standard InChI is InChI=1S/C21H20ClN3O4/c1-2-29-21(27)17-13-25(20-16(19(17)26)6-7-18(22)23-20)15-5-3-4-14(12-15)24-8-10-28-11-9-24/h3-7,12-13H,2,8-11H2,1H3. The Kier molecular flexibility index (Phi) is 5.51. The van der Waals surface area contributed by atoms with E-state index in [1.165, 1.54) is 12.3 Å². The van der Waals surface area contributed by atoms with Crippen LogP contribution in [0, 0.1) is 0 Å². The molecule has 0 unspecified atom stereocenters. The third-order valence-corrected chi connectivity index (χ3v) is 5.01. The third kappa shape index (κ3) is 3.83. The number of hydrogen-bond donors (Lipinski definition) is 0. The van der Waals surface area contributed by atoms with E-state index >= 15 is 0 Å². The van der Waals surface area contributed by atoms with Crippen LogP contribution in [0.15, 0.2) is 47.4 Å². The molecule has 0 spiro atoms. The van der Waals surface area contributed by atoms with Gasteiger partial charge in [0, 0.05) is 30.7 Å². The van der Waals surface area contributed by atoms with Gasteiger partial charge in [-0.1, -0.05) is 17.7 Å². The number of esters is 1. The lowest BCUT2D eigenvalue weighted by Crippen LogP contribution is -2.36. The van der Waals surface area contributed by atoms with Gasteiger partial charge >= 0.3 is 5.97 Å². The van der Waals surface area contributed by atoms with Crippen LogP contribution in [0.25, 0.3) is 16.7 Å². The van der Waals surface area contributed by atoms with Crippen LogP contribution in [0.5, 0.6) is 0 Å². The van der Waals surface area contributed by atoms with Gasteiger partial charge in [0.1, 0.15) is 16.4 Å². The Morgan fingerprint density at radius 3 is 2.72 bits per heavy atom. The van der Waals surface area contributed by atoms with Gasteiger partial charge in [0.25, 0.3) is 0 Å². The highest BCUT2D eigenvalue weighted by molar-refractivity contribution is 6.29. The van der Waals surface area contributed by atoms with Crippen LogP contribution in [0.3, 0.4) is 0 Å². The Bertz CT molecular complexity index is 1120. The first-order valence-corrected chi connectivity index (χ1v) is 9.78. The fraction of sp³-hybridized carbons (Fsp3) is 0.286. The molecular weight excluding hydrogens is 394 g/mol. The van der Waals surface area contributed by atoms with E-state index in [9.17, 15) is 9.59 Å². The van der Waals surface area contributed by atoms with Crippen molar-refractivity contribution in [3.05, 3.63) is 63.5 Å². The molecule has 150 valence electrons. The van der Waals surface area contributed by atoms with Crippen molar-refractivity contribution >= 4 is 34.3 Å². The second-order valence-corrected chi connectivity index (χ2v) is 6.97. The minimum absolute atomic E-state index is 0.0414. The highest BCUT2D eigenvalue weighted by Crippen LogP contribution is 2.23. The Morgan fingerprint density at radius 2 is 1.97 bits per heavy atom. The zero-order chi connectivity index (χ0) is 20.4. The van der Waals surface area contributed by atoms with E-state index in [2.05, 4.69) is 9.88 Å². The van der Waals surface area contributed by atoms with Crippen LogP contribution < -0.4 is 10.3 Å². The van der Waals surface area contributed by atoms with Crippen molar-refractivity contribution in [1.29, 1.82) is 0 Å². The van der Waals surface area contributed by atoms with Crippen molar-refractivity contribution in [2.75, 3.05) is 37.8 Å². The molecule has 3 heterocycles. The predicted octanol–water partition coefficient (Wildman–Crippen LogP) is 3.05. The molecule has 1 aliphatic rings. The first-order chi connectivity index (χ1) is 14.1. The fourth-order valence-corrected chi connectivity index (χ4v) is 3.54. The molecule has 4 rings (SSSR count). The van der Waals surface area contributed by atoms with E-state index in [1.54, 1.807) is 17.6 Å². The summed E-state index contributed by atoms with van der Waals surface area (Å²) in [5.41, 5.74) is 1.70. The highest BCUT2D eigenvalue weighted by atomic mass is 35.5. The SMILES string of the molecule is CCOC(=O)c1cn(-c2cccc(N3CCOCC3)c2)c2nc(Cl)ccc2c1=O. The van der Waals surface area contributed by atoms with Gasteiger partial charge in [0.15, 0.2) is 0 Å². The molecule has 1 aliphatic heterocycles. The maximum absolute atomic E-state index is 12.8. The van der Waals surface area contributed by atoms with Gasteiger partial charge < -0.3 is 18.9 Å². The molecule has 1 fully saturated rings. The number of carbonyl (C=O) groups is 1. The normalized spacial score (nSPS) is 14.2. The van der Waals surface area contributed by atoms with Crippen molar-refractivity contribution < 1.29 is 14.3 Å². The number of morpholine rings is 1. The summed E-state index contributed by atoms with van der Waals surface area (Å²) in [4.78, 5) is 31.8. The number of halogens is 1. The summed E-state index contributed by atoms with van der Waals surface area (Å²) < 4.78 is 12.2. The molecule has 29 heavy (non-hydrogen) atoms. The van der Waals surface area contributed by atoms with Gasteiger partial charge in [-0.2, -0.15) is 0 Å². The quantitative estimate of drug-likeness (QED) is 0.483. The molecule has 3 aromatic rings. The molecule has 0 N–H and O–H groups in total. The van der Waals surface area contributed by atoms with Crippen molar-refractivity contribution in [1.82, 2.24) is 9.55 Å². The number of nitrogens with zero attached hydrogens (tertiary/aromatic N) is 3. The molecule has 2 aromatic heterocycles. The summed E-state index contributed by atoms with van der Waals surface area (Å²) >= 11 is 6.10. The second kappa shape index (κ2) is 8.23. The number of pyridine rings is 2. The van der Waals surface area contributed by atoms with Gasteiger partial charge in [0.05, 0.1) is 25.2 Å². The van der Waals surface area contributed by atoms with Crippen LogP contribution in [0.2, 0.25) is 5.15 Å². The number of aromatic nitrogens is 2. The van der Waals surface area contributed by atoms with Crippen LogP contribution in [-0.4, -0.2) is 48.4 Å². The van der Waals surface area contributed by atoms with Crippen LogP contribution in [0.1, 0.15) is 17.3 Å². The van der Waals surface area contributed by atoms with Crippen molar-refractivity contribution in [3.63, 3.8) is 0 Å². The first kappa shape index (κ1) is 19.4. The molecule has 8 heteroatoms. The maximum Gasteiger partial charge on any atom is 0.343 e. The van der Waals surface area contributed by atoms with Gasteiger partial charge in [-0.3, -0.25) is 4.79 Å². The summed E-state index contributed by atoms with van der Waals surface area (Å²) in [5.74, 6) is -0.660. The molecule has 7 nitrogen and oxygen atoms in total. The molecule has 0 saturated carbocycles. The third-order valence-electron chi connectivity index (χ3n) is 4.80. The Labute approximate surface area is 172 Å². The maximum atomic E-state index is 12.8. The Balaban J connectivity index is 1.90. The van der Waals surface area contributed by atoms with Crippen LogP contribution in [0.4, 0.5) is 5.69 Å². The summed E-state index contributed by atoms with van der Waals surface area (Å²) in [6.07, 6.45) is 1.48. The lowest BCUT2D eigenvalue weighted by Gasteiger charge is -2.29. The number of benzene rings is 1. The Morgan fingerprint density at radius 1 is 1.21 bits per heavy atom. The molecule has 1 aromatic carbocycles. The summed E-state index contributed by atoms with van der Waals surface area (Å²) in [6.45, 7) is 4.83. The lowest BCUT2D eigenvalue weighted by atomic mass is 10.1. The topological polar surface area (TPSA) is 73.7 Å². The van der Waals surface area contributed by atoms with Gasteiger partial charge in [0.2, 0.25) is 5.43 Å². The minimum Gasteiger partial charge on any atom is -0.462 e. The molecule has 0 radical (unpaired) electrons. The average Bonchev–Trinajstić information content (AvgIpc) is 2.75. The number of hydrogen-bond acceptors (Lipinski definition) is 6. The monoisotopic (exact) mass is 413 g/mol. The largest absolute Gasteiger partial charge is 0.462 e. The van der Waals surface area contributed by atoms with Crippen molar-refractivity contribution in [2.24, 2.45) is 0 Å². The molecule has 0 atom stereocenters. The molecular formula is C21H20ClN3O4. The highest BCUT2D eigenvalue weighted by Gasteiger charge is 2.19. The van der Waals surface area contributed by atoms with Crippen LogP contribution in [-0.2, 0) is 9.47 Å². The van der Waals surface area contributed by atoms with E-state index in [0.717, 1.165) is 24.5 Å². The average molecular weight is 414 g/mol. The summed E-state index contributed by atoms with van der Waals surface area (Å²) in [6, 6.07) is 11.0. The smallest absolute Gasteiger partial charge is 0.343 e. The number of anilines is 1. The molecule has 1 saturated heterocycles. The molecule has 0 aliphatic carbocycles. The lowest BCUT2D eigenvalue weighted by molar-refractivity contribution is 0.0524. The van der Waals surface area contributed by atoms with Crippen molar-refractivity contribution in [2.45, 2.75) is 6.92 Å². The van der Waals surface area contributed by atoms with Crippen LogP contribution >= 0.6 is 11.6 Å². The van der Waals surface area contributed by atoms with E-state index in [0.29, 0.717) is 24.2 Å². The van der Waals surface area contributed by atoms with Crippen molar-refractivity contribution in [3.8, 4) is 5.69 Å².